The summed E-state index contributed by atoms with van der Waals surface area (Å²) in [5, 5.41) is 0. The van der Waals surface area contributed by atoms with Gasteiger partial charge in [-0.05, 0) is 43.3 Å². The molecule has 0 aromatic carbocycles. The molecule has 1 heteroatoms. The predicted molar refractivity (Wildman–Crippen MR) is 65.6 cm³/mol. The molecule has 0 unspecified atom stereocenters. The lowest BCUT2D eigenvalue weighted by atomic mass is 9.72. The zero-order valence-corrected chi connectivity index (χ0v) is 10.4. The van der Waals surface area contributed by atoms with Gasteiger partial charge in [-0.25, -0.2) is 0 Å². The van der Waals surface area contributed by atoms with Crippen molar-refractivity contribution < 1.29 is 4.74 Å². The molecule has 1 aliphatic rings. The molecule has 0 saturated heterocycles. The van der Waals surface area contributed by atoms with Crippen LogP contribution in [0.3, 0.4) is 0 Å². The van der Waals surface area contributed by atoms with Crippen molar-refractivity contribution in [2.45, 2.75) is 40.0 Å². The van der Waals surface area contributed by atoms with E-state index in [1.54, 1.807) is 7.11 Å². The molecule has 1 aliphatic carbocycles. The van der Waals surface area contributed by atoms with E-state index in [-0.39, 0.29) is 0 Å². The molecular formula is C14H22O. The van der Waals surface area contributed by atoms with E-state index >= 15 is 0 Å². The van der Waals surface area contributed by atoms with Crippen LogP contribution < -0.4 is 0 Å². The van der Waals surface area contributed by atoms with Crippen molar-refractivity contribution in [3.05, 3.63) is 35.6 Å². The third-order valence-electron chi connectivity index (χ3n) is 3.24. The van der Waals surface area contributed by atoms with Gasteiger partial charge < -0.3 is 4.74 Å². The summed E-state index contributed by atoms with van der Waals surface area (Å²) in [6.07, 6.45) is 7.93. The average molecular weight is 206 g/mol. The predicted octanol–water partition coefficient (Wildman–Crippen LogP) is 4.23. The van der Waals surface area contributed by atoms with Gasteiger partial charge in [-0.2, -0.15) is 0 Å². The van der Waals surface area contributed by atoms with E-state index in [4.69, 9.17) is 4.74 Å². The highest BCUT2D eigenvalue weighted by Crippen LogP contribution is 2.40. The Hall–Kier alpha value is -0.980. The monoisotopic (exact) mass is 206 g/mol. The van der Waals surface area contributed by atoms with Crippen molar-refractivity contribution >= 4 is 0 Å². The molecule has 0 amide bonds. The van der Waals surface area contributed by atoms with Crippen LogP contribution in [0.2, 0.25) is 0 Å². The third kappa shape index (κ3) is 2.98. The van der Waals surface area contributed by atoms with Crippen molar-refractivity contribution in [2.75, 3.05) is 7.11 Å². The molecule has 0 aromatic rings. The van der Waals surface area contributed by atoms with E-state index < -0.39 is 0 Å². The van der Waals surface area contributed by atoms with Crippen LogP contribution in [0.1, 0.15) is 40.0 Å². The Bertz CT molecular complexity index is 305. The topological polar surface area (TPSA) is 9.23 Å². The average Bonchev–Trinajstić information content (AvgIpc) is 2.15. The van der Waals surface area contributed by atoms with Crippen molar-refractivity contribution in [3.8, 4) is 0 Å². The highest BCUT2D eigenvalue weighted by atomic mass is 16.5. The van der Waals surface area contributed by atoms with Gasteiger partial charge >= 0.3 is 0 Å². The SMILES string of the molecule is C=C(C=CC1=C(C)CCCC1(C)C)OC. The minimum absolute atomic E-state index is 0.298. The number of hydrogen-bond donors (Lipinski definition) is 0. The Kier molecular flexibility index (Phi) is 3.78. The van der Waals surface area contributed by atoms with Crippen LogP contribution in [0.5, 0.6) is 0 Å². The first kappa shape index (κ1) is 12.1. The van der Waals surface area contributed by atoms with Gasteiger partial charge in [0.05, 0.1) is 7.11 Å². The molecule has 0 saturated carbocycles. The fraction of sp³-hybridized carbons (Fsp3) is 0.571. The summed E-state index contributed by atoms with van der Waals surface area (Å²) < 4.78 is 5.04. The number of hydrogen-bond acceptors (Lipinski definition) is 1. The van der Waals surface area contributed by atoms with Gasteiger partial charge in [0.2, 0.25) is 0 Å². The summed E-state index contributed by atoms with van der Waals surface area (Å²) in [6, 6.07) is 0. The smallest absolute Gasteiger partial charge is 0.111 e. The zero-order chi connectivity index (χ0) is 11.5. The van der Waals surface area contributed by atoms with Crippen molar-refractivity contribution in [1.29, 1.82) is 0 Å². The molecule has 1 nitrogen and oxygen atoms in total. The Balaban J connectivity index is 2.90. The van der Waals surface area contributed by atoms with Crippen LogP contribution in [0.15, 0.2) is 35.6 Å². The van der Waals surface area contributed by atoms with Gasteiger partial charge in [0, 0.05) is 0 Å². The van der Waals surface area contributed by atoms with Crippen LogP contribution in [0.4, 0.5) is 0 Å². The molecule has 1 rings (SSSR count). The Morgan fingerprint density at radius 1 is 1.47 bits per heavy atom. The molecule has 0 radical (unpaired) electrons. The van der Waals surface area contributed by atoms with E-state index in [1.807, 2.05) is 6.08 Å². The van der Waals surface area contributed by atoms with Gasteiger partial charge in [-0.1, -0.05) is 32.1 Å². The van der Waals surface area contributed by atoms with Crippen LogP contribution in [0, 0.1) is 5.41 Å². The second-order valence-electron chi connectivity index (χ2n) is 4.94. The van der Waals surface area contributed by atoms with E-state index in [0.29, 0.717) is 5.41 Å². The van der Waals surface area contributed by atoms with Crippen molar-refractivity contribution in [3.63, 3.8) is 0 Å². The lowest BCUT2D eigenvalue weighted by Crippen LogP contribution is -2.19. The molecule has 0 spiro atoms. The molecule has 15 heavy (non-hydrogen) atoms. The molecular weight excluding hydrogens is 184 g/mol. The van der Waals surface area contributed by atoms with Gasteiger partial charge in [0.15, 0.2) is 0 Å². The van der Waals surface area contributed by atoms with Crippen LogP contribution in [-0.2, 0) is 4.74 Å². The first-order chi connectivity index (χ1) is 6.97. The lowest BCUT2D eigenvalue weighted by Gasteiger charge is -2.32. The second-order valence-corrected chi connectivity index (χ2v) is 4.94. The number of ether oxygens (including phenoxy) is 1. The summed E-state index contributed by atoms with van der Waals surface area (Å²) in [7, 11) is 1.65. The maximum atomic E-state index is 5.04. The largest absolute Gasteiger partial charge is 0.497 e. The molecule has 0 fully saturated rings. The van der Waals surface area contributed by atoms with Crippen LogP contribution in [-0.4, -0.2) is 7.11 Å². The fourth-order valence-electron chi connectivity index (χ4n) is 2.25. The van der Waals surface area contributed by atoms with Crippen molar-refractivity contribution in [2.24, 2.45) is 5.41 Å². The van der Waals surface area contributed by atoms with E-state index in [1.165, 1.54) is 30.4 Å². The van der Waals surface area contributed by atoms with Crippen LogP contribution in [0.25, 0.3) is 0 Å². The molecule has 0 aromatic heterocycles. The molecule has 0 N–H and O–H groups in total. The quantitative estimate of drug-likeness (QED) is 0.496. The molecule has 0 aliphatic heterocycles. The van der Waals surface area contributed by atoms with Crippen molar-refractivity contribution in [1.82, 2.24) is 0 Å². The Labute approximate surface area is 93.5 Å². The fourth-order valence-corrected chi connectivity index (χ4v) is 2.25. The second kappa shape index (κ2) is 4.69. The Morgan fingerprint density at radius 3 is 2.67 bits per heavy atom. The summed E-state index contributed by atoms with van der Waals surface area (Å²) >= 11 is 0. The zero-order valence-electron chi connectivity index (χ0n) is 10.4. The minimum atomic E-state index is 0.298. The number of rotatable bonds is 3. The van der Waals surface area contributed by atoms with Gasteiger partial charge in [-0.3, -0.25) is 0 Å². The van der Waals surface area contributed by atoms with Gasteiger partial charge in [0.1, 0.15) is 5.76 Å². The highest BCUT2D eigenvalue weighted by Gasteiger charge is 2.26. The summed E-state index contributed by atoms with van der Waals surface area (Å²) in [5.41, 5.74) is 3.26. The summed E-state index contributed by atoms with van der Waals surface area (Å²) in [5.74, 6) is 0.719. The number of allylic oxidation sites excluding steroid dienone is 4. The minimum Gasteiger partial charge on any atom is -0.497 e. The van der Waals surface area contributed by atoms with E-state index in [2.05, 4.69) is 33.4 Å². The van der Waals surface area contributed by atoms with E-state index in [0.717, 1.165) is 5.76 Å². The van der Waals surface area contributed by atoms with E-state index in [9.17, 15) is 0 Å². The first-order valence-electron chi connectivity index (χ1n) is 5.58. The maximum absolute atomic E-state index is 5.04. The first-order valence-corrected chi connectivity index (χ1v) is 5.58. The molecule has 0 atom stereocenters. The summed E-state index contributed by atoms with van der Waals surface area (Å²) in [6.45, 7) is 10.7. The standard InChI is InChI=1S/C14H22O/c1-11-7-6-10-14(3,4)13(11)9-8-12(2)15-5/h8-9H,2,6-7,10H2,1,3-5H3. The maximum Gasteiger partial charge on any atom is 0.111 e. The lowest BCUT2D eigenvalue weighted by molar-refractivity contribution is 0.308. The normalized spacial score (nSPS) is 20.8. The number of methoxy groups -OCH3 is 1. The van der Waals surface area contributed by atoms with Crippen LogP contribution >= 0.6 is 0 Å². The molecule has 84 valence electrons. The third-order valence-corrected chi connectivity index (χ3v) is 3.24. The van der Waals surface area contributed by atoms with Gasteiger partial charge in [-0.15, -0.1) is 0 Å². The molecule has 0 bridgehead atoms. The summed E-state index contributed by atoms with van der Waals surface area (Å²) in [4.78, 5) is 0. The molecule has 0 heterocycles. The Morgan fingerprint density at radius 2 is 2.13 bits per heavy atom. The highest BCUT2D eigenvalue weighted by molar-refractivity contribution is 5.34. The van der Waals surface area contributed by atoms with Gasteiger partial charge in [0.25, 0.3) is 0 Å².